The Kier molecular flexibility index (Phi) is 11.5. The Morgan fingerprint density at radius 2 is 1.76 bits per heavy atom. The molecule has 3 N–H and O–H groups in total. The number of aliphatic imine (C=N–C) groups is 1. The van der Waals surface area contributed by atoms with Crippen LogP contribution in [0.5, 0.6) is 0 Å². The number of hydrogen-bond acceptors (Lipinski definition) is 2. The van der Waals surface area contributed by atoms with Crippen LogP contribution in [0, 0.1) is 5.92 Å². The van der Waals surface area contributed by atoms with Gasteiger partial charge in [-0.3, -0.25) is 4.99 Å². The lowest BCUT2D eigenvalue weighted by molar-refractivity contribution is 0.0306. The molecule has 0 saturated heterocycles. The third-order valence-electron chi connectivity index (χ3n) is 3.85. The predicted molar refractivity (Wildman–Crippen MR) is 102 cm³/mol. The fourth-order valence-corrected chi connectivity index (χ4v) is 2.58. The third-order valence-corrected chi connectivity index (χ3v) is 3.85. The molecule has 0 bridgehead atoms. The van der Waals surface area contributed by atoms with Crippen LogP contribution >= 0.6 is 24.0 Å². The summed E-state index contributed by atoms with van der Waals surface area (Å²) < 4.78 is 0. The first-order chi connectivity index (χ1) is 9.63. The Bertz CT molecular complexity index is 287. The first-order valence-corrected chi connectivity index (χ1v) is 8.38. The highest BCUT2D eigenvalue weighted by atomic mass is 127. The number of rotatable bonds is 10. The van der Waals surface area contributed by atoms with E-state index in [0.717, 1.165) is 50.7 Å². The summed E-state index contributed by atoms with van der Waals surface area (Å²) >= 11 is 0. The Morgan fingerprint density at radius 3 is 2.24 bits per heavy atom. The van der Waals surface area contributed by atoms with Gasteiger partial charge in [0.05, 0.1) is 12.1 Å². The highest BCUT2D eigenvalue weighted by molar-refractivity contribution is 14.0. The molecule has 0 radical (unpaired) electrons. The molecule has 4 nitrogen and oxygen atoms in total. The van der Waals surface area contributed by atoms with Crippen molar-refractivity contribution < 1.29 is 5.11 Å². The lowest BCUT2D eigenvalue weighted by Gasteiger charge is -2.26. The Labute approximate surface area is 147 Å². The molecule has 0 atom stereocenters. The minimum Gasteiger partial charge on any atom is -0.388 e. The van der Waals surface area contributed by atoms with Crippen LogP contribution in [-0.4, -0.2) is 36.3 Å². The Morgan fingerprint density at radius 1 is 1.14 bits per heavy atom. The number of nitrogens with one attached hydrogen (secondary N) is 2. The van der Waals surface area contributed by atoms with Crippen LogP contribution in [0.2, 0.25) is 0 Å². The van der Waals surface area contributed by atoms with Crippen molar-refractivity contribution in [2.45, 2.75) is 71.3 Å². The minimum absolute atomic E-state index is 0. The SMILES string of the molecule is CCCC(O)(CCC)CN=C(NCC)NCCC1CC1.I. The maximum Gasteiger partial charge on any atom is 0.191 e. The van der Waals surface area contributed by atoms with Gasteiger partial charge in [0.1, 0.15) is 0 Å². The van der Waals surface area contributed by atoms with Gasteiger partial charge in [-0.25, -0.2) is 0 Å². The van der Waals surface area contributed by atoms with Crippen molar-refractivity contribution in [3.8, 4) is 0 Å². The van der Waals surface area contributed by atoms with E-state index in [9.17, 15) is 5.11 Å². The lowest BCUT2D eigenvalue weighted by Crippen LogP contribution is -2.40. The fraction of sp³-hybridized carbons (Fsp3) is 0.938. The molecule has 21 heavy (non-hydrogen) atoms. The summed E-state index contributed by atoms with van der Waals surface area (Å²) in [6, 6.07) is 0. The number of hydrogen-bond donors (Lipinski definition) is 3. The van der Waals surface area contributed by atoms with Gasteiger partial charge in [-0.2, -0.15) is 0 Å². The maximum atomic E-state index is 10.6. The molecule has 0 aliphatic heterocycles. The van der Waals surface area contributed by atoms with Crippen LogP contribution < -0.4 is 10.6 Å². The molecule has 0 unspecified atom stereocenters. The molecule has 1 saturated carbocycles. The van der Waals surface area contributed by atoms with Gasteiger partial charge in [0, 0.05) is 13.1 Å². The number of guanidine groups is 1. The molecule has 0 aromatic rings. The Hall–Kier alpha value is -0.0400. The second-order valence-electron chi connectivity index (χ2n) is 6.08. The van der Waals surface area contributed by atoms with E-state index in [1.807, 2.05) is 0 Å². The topological polar surface area (TPSA) is 56.7 Å². The van der Waals surface area contributed by atoms with E-state index in [2.05, 4.69) is 36.4 Å². The number of aliphatic hydroxyl groups is 1. The summed E-state index contributed by atoms with van der Waals surface area (Å²) in [5, 5.41) is 17.2. The molecule has 126 valence electrons. The quantitative estimate of drug-likeness (QED) is 0.294. The highest BCUT2D eigenvalue weighted by Crippen LogP contribution is 2.31. The van der Waals surface area contributed by atoms with Crippen molar-refractivity contribution in [3.63, 3.8) is 0 Å². The summed E-state index contributed by atoms with van der Waals surface area (Å²) in [7, 11) is 0. The Balaban J connectivity index is 0.00000400. The zero-order valence-corrected chi connectivity index (χ0v) is 16.3. The van der Waals surface area contributed by atoms with E-state index in [1.54, 1.807) is 0 Å². The molecule has 1 aliphatic rings. The van der Waals surface area contributed by atoms with Crippen LogP contribution in [0.15, 0.2) is 4.99 Å². The van der Waals surface area contributed by atoms with Crippen molar-refractivity contribution in [2.24, 2.45) is 10.9 Å². The van der Waals surface area contributed by atoms with Crippen LogP contribution in [0.4, 0.5) is 0 Å². The standard InChI is InChI=1S/C16H33N3O.HI/c1-4-10-16(20,11-5-2)13-19-15(17-6-3)18-12-9-14-7-8-14;/h14,20H,4-13H2,1-3H3,(H2,17,18,19);1H. The molecule has 0 aromatic carbocycles. The number of nitrogens with zero attached hydrogens (tertiary/aromatic N) is 1. The van der Waals surface area contributed by atoms with Gasteiger partial charge < -0.3 is 15.7 Å². The van der Waals surface area contributed by atoms with Gasteiger partial charge in [-0.1, -0.05) is 39.5 Å². The fourth-order valence-electron chi connectivity index (χ4n) is 2.58. The molecular weight excluding hydrogens is 377 g/mol. The van der Waals surface area contributed by atoms with Gasteiger partial charge in [0.25, 0.3) is 0 Å². The van der Waals surface area contributed by atoms with Gasteiger partial charge in [0.2, 0.25) is 0 Å². The molecule has 1 rings (SSSR count). The average molecular weight is 411 g/mol. The van der Waals surface area contributed by atoms with Crippen molar-refractivity contribution in [2.75, 3.05) is 19.6 Å². The smallest absolute Gasteiger partial charge is 0.191 e. The van der Waals surface area contributed by atoms with Crippen LogP contribution in [0.1, 0.15) is 65.7 Å². The molecule has 1 fully saturated rings. The average Bonchev–Trinajstić information content (AvgIpc) is 3.21. The second kappa shape index (κ2) is 11.5. The third kappa shape index (κ3) is 9.55. The van der Waals surface area contributed by atoms with E-state index in [-0.39, 0.29) is 24.0 Å². The molecular formula is C16H34IN3O. The highest BCUT2D eigenvalue weighted by Gasteiger charge is 2.24. The van der Waals surface area contributed by atoms with Crippen molar-refractivity contribution >= 4 is 29.9 Å². The van der Waals surface area contributed by atoms with Gasteiger partial charge in [-0.05, 0) is 32.1 Å². The summed E-state index contributed by atoms with van der Waals surface area (Å²) in [4.78, 5) is 4.58. The van der Waals surface area contributed by atoms with Crippen LogP contribution in [0.25, 0.3) is 0 Å². The zero-order chi connectivity index (χ0) is 14.8. The molecule has 0 aromatic heterocycles. The van der Waals surface area contributed by atoms with E-state index in [1.165, 1.54) is 19.3 Å². The lowest BCUT2D eigenvalue weighted by atomic mass is 9.93. The molecule has 0 spiro atoms. The summed E-state index contributed by atoms with van der Waals surface area (Å²) in [5.74, 6) is 1.78. The van der Waals surface area contributed by atoms with Crippen LogP contribution in [-0.2, 0) is 0 Å². The summed E-state index contributed by atoms with van der Waals surface area (Å²) in [6.45, 7) is 8.63. The van der Waals surface area contributed by atoms with Crippen molar-refractivity contribution in [3.05, 3.63) is 0 Å². The summed E-state index contributed by atoms with van der Waals surface area (Å²) in [5.41, 5.74) is -0.637. The van der Waals surface area contributed by atoms with Gasteiger partial charge in [0.15, 0.2) is 5.96 Å². The molecule has 0 amide bonds. The number of halogens is 1. The maximum absolute atomic E-state index is 10.6. The van der Waals surface area contributed by atoms with Crippen LogP contribution in [0.3, 0.4) is 0 Å². The molecule has 5 heteroatoms. The van der Waals surface area contributed by atoms with E-state index < -0.39 is 5.60 Å². The largest absolute Gasteiger partial charge is 0.388 e. The predicted octanol–water partition coefficient (Wildman–Crippen LogP) is 3.29. The first-order valence-electron chi connectivity index (χ1n) is 8.38. The molecule has 1 aliphatic carbocycles. The minimum atomic E-state index is -0.637. The van der Waals surface area contributed by atoms with Crippen molar-refractivity contribution in [1.29, 1.82) is 0 Å². The zero-order valence-electron chi connectivity index (χ0n) is 14.0. The van der Waals surface area contributed by atoms with Crippen molar-refractivity contribution in [1.82, 2.24) is 10.6 Å². The summed E-state index contributed by atoms with van der Waals surface area (Å²) in [6.07, 6.45) is 7.66. The van der Waals surface area contributed by atoms with Gasteiger partial charge in [-0.15, -0.1) is 24.0 Å². The first kappa shape index (κ1) is 21.0. The van der Waals surface area contributed by atoms with E-state index in [4.69, 9.17) is 0 Å². The monoisotopic (exact) mass is 411 g/mol. The van der Waals surface area contributed by atoms with E-state index >= 15 is 0 Å². The molecule has 0 heterocycles. The second-order valence-corrected chi connectivity index (χ2v) is 6.08. The van der Waals surface area contributed by atoms with E-state index in [0.29, 0.717) is 6.54 Å². The normalized spacial score (nSPS) is 15.5. The van der Waals surface area contributed by atoms with Gasteiger partial charge >= 0.3 is 0 Å².